The topological polar surface area (TPSA) is 91.1 Å². The van der Waals surface area contributed by atoms with Crippen LogP contribution in [0.1, 0.15) is 0 Å². The summed E-state index contributed by atoms with van der Waals surface area (Å²) in [6, 6.07) is 4.13. The van der Waals surface area contributed by atoms with Crippen LogP contribution in [0.4, 0.5) is 24.5 Å². The minimum atomic E-state index is -4.89. The molecule has 2 rings (SSSR count). The number of alkyl halides is 3. The molecule has 0 amide bonds. The minimum Gasteiger partial charge on any atom is -0.382 e. The van der Waals surface area contributed by atoms with Gasteiger partial charge < -0.3 is 5.11 Å². The van der Waals surface area contributed by atoms with Gasteiger partial charge >= 0.3 is 6.18 Å². The van der Waals surface area contributed by atoms with Crippen molar-refractivity contribution in [1.82, 2.24) is 4.72 Å². The quantitative estimate of drug-likeness (QED) is 0.894. The van der Waals surface area contributed by atoms with Crippen LogP contribution in [0.5, 0.6) is 0 Å². The van der Waals surface area contributed by atoms with Gasteiger partial charge in [-0.15, -0.1) is 0 Å². The van der Waals surface area contributed by atoms with E-state index in [2.05, 4.69) is 8.73 Å². The fourth-order valence-corrected chi connectivity index (χ4v) is 3.18. The molecule has 0 bridgehead atoms. The van der Waals surface area contributed by atoms with Crippen LogP contribution in [0.25, 0.3) is 0 Å². The first-order chi connectivity index (χ1) is 9.22. The lowest BCUT2D eigenvalue weighted by molar-refractivity contribution is -0.200. The third-order valence-corrected chi connectivity index (χ3v) is 4.38. The van der Waals surface area contributed by atoms with E-state index in [0.717, 1.165) is 11.4 Å². The van der Waals surface area contributed by atoms with E-state index in [1.54, 1.807) is 4.72 Å². The van der Waals surface area contributed by atoms with Gasteiger partial charge in [0.15, 0.2) is 6.10 Å². The van der Waals surface area contributed by atoms with Crippen molar-refractivity contribution in [3.63, 3.8) is 0 Å². The summed E-state index contributed by atoms with van der Waals surface area (Å²) in [6.45, 7) is -1.17. The number of sulfonamides is 1. The smallest absolute Gasteiger partial charge is 0.382 e. The summed E-state index contributed by atoms with van der Waals surface area (Å²) in [4.78, 5) is -0.280. The van der Waals surface area contributed by atoms with Gasteiger partial charge in [-0.25, -0.2) is 13.1 Å². The third kappa shape index (κ3) is 3.06. The second-order valence-corrected chi connectivity index (χ2v) is 6.06. The molecule has 6 nitrogen and oxygen atoms in total. The first-order valence-corrected chi connectivity index (χ1v) is 7.39. The average Bonchev–Trinajstić information content (AvgIpc) is 2.82. The molecular formula is C9H8F3N3O3S2. The lowest BCUT2D eigenvalue weighted by atomic mass is 10.3. The molecule has 1 aromatic rings. The Morgan fingerprint density at radius 2 is 2.05 bits per heavy atom. The van der Waals surface area contributed by atoms with Crippen molar-refractivity contribution >= 4 is 32.8 Å². The Balaban J connectivity index is 2.21. The lowest BCUT2D eigenvalue weighted by Gasteiger charge is -2.15. The minimum absolute atomic E-state index is 0.0755. The van der Waals surface area contributed by atoms with E-state index in [4.69, 9.17) is 5.11 Å². The maximum Gasteiger partial charge on any atom is 0.415 e. The molecule has 0 aliphatic carbocycles. The van der Waals surface area contributed by atoms with Crippen molar-refractivity contribution in [1.29, 1.82) is 0 Å². The summed E-state index contributed by atoms with van der Waals surface area (Å²) in [7, 11) is -4.22. The van der Waals surface area contributed by atoms with Gasteiger partial charge in [-0.2, -0.15) is 21.9 Å². The number of aliphatic hydroxyl groups excluding tert-OH is 1. The molecule has 0 saturated heterocycles. The van der Waals surface area contributed by atoms with Crippen LogP contribution < -0.4 is 4.72 Å². The molecule has 110 valence electrons. The molecule has 1 heterocycles. The molecule has 0 radical (unpaired) electrons. The SMILES string of the molecule is O=S(=O)(NCC(O)C(F)(F)F)c1cccc2c1N=S=N2. The number of hydrogen-bond donors (Lipinski definition) is 2. The molecule has 1 atom stereocenters. The number of benzene rings is 1. The number of rotatable bonds is 4. The number of hydrogen-bond acceptors (Lipinski definition) is 5. The predicted octanol–water partition coefficient (Wildman–Crippen LogP) is 1.61. The normalized spacial score (nSPS) is 15.8. The molecule has 20 heavy (non-hydrogen) atoms. The van der Waals surface area contributed by atoms with Gasteiger partial charge in [0.2, 0.25) is 10.0 Å². The highest BCUT2D eigenvalue weighted by Gasteiger charge is 2.39. The zero-order chi connectivity index (χ0) is 15.0. The van der Waals surface area contributed by atoms with E-state index < -0.39 is 28.8 Å². The summed E-state index contributed by atoms with van der Waals surface area (Å²) < 4.78 is 69.5. The second kappa shape index (κ2) is 5.24. The fraction of sp³-hybridized carbons (Fsp3) is 0.333. The lowest BCUT2D eigenvalue weighted by Crippen LogP contribution is -2.40. The largest absolute Gasteiger partial charge is 0.415 e. The van der Waals surface area contributed by atoms with Crippen LogP contribution in [0, 0.1) is 0 Å². The Morgan fingerprint density at radius 1 is 1.35 bits per heavy atom. The zero-order valence-electron chi connectivity index (χ0n) is 9.63. The standard InChI is InChI=1S/C9H8F3N3O3S2/c10-9(11,12)7(16)4-13-20(17,18)6-3-1-2-5-8(6)15-19-14-5/h1-3,7,13,16H,4H2. The summed E-state index contributed by atoms with van der Waals surface area (Å²) in [5.41, 5.74) is 0.403. The first-order valence-electron chi connectivity index (χ1n) is 5.17. The predicted molar refractivity (Wildman–Crippen MR) is 65.2 cm³/mol. The molecule has 0 spiro atoms. The number of halogens is 3. The van der Waals surface area contributed by atoms with Gasteiger partial charge in [0, 0.05) is 6.54 Å². The van der Waals surface area contributed by atoms with E-state index in [-0.39, 0.29) is 10.6 Å². The van der Waals surface area contributed by atoms with E-state index in [1.165, 1.54) is 18.2 Å². The number of nitrogens with one attached hydrogen (secondary N) is 1. The monoisotopic (exact) mass is 327 g/mol. The molecule has 1 aliphatic heterocycles. The van der Waals surface area contributed by atoms with E-state index in [1.807, 2.05) is 0 Å². The molecule has 0 fully saturated rings. The number of fused-ring (bicyclic) bond motifs is 1. The van der Waals surface area contributed by atoms with Crippen LogP contribution in [-0.2, 0) is 21.4 Å². The molecule has 1 unspecified atom stereocenters. The maximum atomic E-state index is 12.1. The highest BCUT2D eigenvalue weighted by Crippen LogP contribution is 2.37. The summed E-state index contributed by atoms with van der Waals surface area (Å²) in [5.74, 6) is 0. The number of nitrogens with zero attached hydrogens (tertiary/aromatic N) is 2. The van der Waals surface area contributed by atoms with Crippen LogP contribution in [0.15, 0.2) is 31.8 Å². The van der Waals surface area contributed by atoms with Crippen molar-refractivity contribution in [2.45, 2.75) is 17.2 Å². The second-order valence-electron chi connectivity index (χ2n) is 3.80. The Labute approximate surface area is 115 Å². The van der Waals surface area contributed by atoms with E-state index in [0.29, 0.717) is 5.69 Å². The Kier molecular flexibility index (Phi) is 3.95. The van der Waals surface area contributed by atoms with Gasteiger partial charge in [0.1, 0.15) is 16.3 Å². The number of aliphatic hydroxyl groups is 1. The molecule has 1 aromatic carbocycles. The van der Waals surface area contributed by atoms with Crippen LogP contribution in [0.2, 0.25) is 0 Å². The van der Waals surface area contributed by atoms with E-state index >= 15 is 0 Å². The van der Waals surface area contributed by atoms with Gasteiger partial charge in [0.05, 0.1) is 11.4 Å². The molecular weight excluding hydrogens is 319 g/mol. The van der Waals surface area contributed by atoms with Gasteiger partial charge in [-0.05, 0) is 12.1 Å². The van der Waals surface area contributed by atoms with Crippen LogP contribution in [0.3, 0.4) is 0 Å². The van der Waals surface area contributed by atoms with Crippen LogP contribution in [-0.4, -0.2) is 32.3 Å². The van der Waals surface area contributed by atoms with Crippen molar-refractivity contribution < 1.29 is 26.7 Å². The van der Waals surface area contributed by atoms with Crippen molar-refractivity contribution in [2.75, 3.05) is 6.54 Å². The average molecular weight is 327 g/mol. The molecule has 11 heteroatoms. The fourth-order valence-electron chi connectivity index (χ4n) is 1.38. The van der Waals surface area contributed by atoms with Crippen molar-refractivity contribution in [2.24, 2.45) is 8.73 Å². The van der Waals surface area contributed by atoms with E-state index in [9.17, 15) is 21.6 Å². The Bertz CT molecular complexity index is 696. The van der Waals surface area contributed by atoms with Gasteiger partial charge in [-0.3, -0.25) is 0 Å². The molecule has 0 aromatic heterocycles. The highest BCUT2D eigenvalue weighted by molar-refractivity contribution is 7.89. The molecule has 2 N–H and O–H groups in total. The van der Waals surface area contributed by atoms with Gasteiger partial charge in [-0.1, -0.05) is 6.07 Å². The summed E-state index contributed by atoms with van der Waals surface area (Å²) in [5, 5.41) is 8.79. The maximum absolute atomic E-state index is 12.1. The highest BCUT2D eigenvalue weighted by atomic mass is 32.2. The van der Waals surface area contributed by atoms with Gasteiger partial charge in [0.25, 0.3) is 0 Å². The third-order valence-electron chi connectivity index (χ3n) is 2.38. The first kappa shape index (κ1) is 15.1. The summed E-state index contributed by atoms with van der Waals surface area (Å²) >= 11 is 0.790. The van der Waals surface area contributed by atoms with Crippen LogP contribution >= 0.6 is 0 Å². The zero-order valence-corrected chi connectivity index (χ0v) is 11.3. The van der Waals surface area contributed by atoms with Crippen molar-refractivity contribution in [3.05, 3.63) is 18.2 Å². The Hall–Kier alpha value is -1.30. The molecule has 1 aliphatic rings. The summed E-state index contributed by atoms with van der Waals surface area (Å²) in [6.07, 6.45) is -7.67. The van der Waals surface area contributed by atoms with Crippen molar-refractivity contribution in [3.8, 4) is 0 Å². The molecule has 0 saturated carbocycles. The Morgan fingerprint density at radius 3 is 2.70 bits per heavy atom.